The lowest BCUT2D eigenvalue weighted by Gasteiger charge is -2.15. The summed E-state index contributed by atoms with van der Waals surface area (Å²) < 4.78 is 35.9. The first kappa shape index (κ1) is 19.8. The molecule has 0 aromatic rings. The van der Waals surface area contributed by atoms with Crippen LogP contribution in [0.2, 0.25) is 0 Å². The number of alkyl carbamates (subject to hydrolysis) is 1. The second-order valence-corrected chi connectivity index (χ2v) is 8.40. The molecule has 0 aliphatic carbocycles. The van der Waals surface area contributed by atoms with Crippen molar-refractivity contribution >= 4 is 37.8 Å². The van der Waals surface area contributed by atoms with E-state index in [0.29, 0.717) is 24.9 Å². The molecule has 0 fully saturated rings. The van der Waals surface area contributed by atoms with Crippen LogP contribution in [-0.2, 0) is 14.9 Å². The van der Waals surface area contributed by atoms with Crippen LogP contribution < -0.4 is 10.6 Å². The first-order valence-corrected chi connectivity index (χ1v) is 10.3. The molecule has 7 nitrogen and oxygen atoms in total. The van der Waals surface area contributed by atoms with Crippen molar-refractivity contribution in [3.63, 3.8) is 0 Å². The number of hydrogen-bond donors (Lipinski definition) is 3. The smallest absolute Gasteiger partial charge is 0.408 e. The molecule has 1 amide bonds. The molecule has 0 bridgehead atoms. The van der Waals surface area contributed by atoms with E-state index in [1.807, 2.05) is 20.1 Å². The maximum absolute atomic E-state index is 11.4. The number of ether oxygens (including phenoxy) is 1. The Balaban J connectivity index is 4.13. The van der Waals surface area contributed by atoms with Crippen molar-refractivity contribution in [1.82, 2.24) is 10.6 Å². The van der Waals surface area contributed by atoms with Crippen molar-refractivity contribution in [3.8, 4) is 0 Å². The fourth-order valence-electron chi connectivity index (χ4n) is 1.18. The SMILES string of the molecule is CSSCCC(OC(=O)NCCNC(C)C)S(=O)(=O)O. The standard InChI is InChI=1S/C10H22N2O5S3/c1-8(2)11-5-6-12-10(13)17-9(20(14,15)16)4-7-19-18-3/h8-9,11H,4-7H2,1-3H3,(H,12,13)(H,14,15,16). The molecule has 3 N–H and O–H groups in total. The number of rotatable bonds is 10. The molecule has 0 radical (unpaired) electrons. The maximum atomic E-state index is 11.4. The molecular formula is C10H22N2O5S3. The van der Waals surface area contributed by atoms with Gasteiger partial charge in [0.2, 0.25) is 5.44 Å². The molecule has 20 heavy (non-hydrogen) atoms. The predicted molar refractivity (Wildman–Crippen MR) is 83.5 cm³/mol. The minimum absolute atomic E-state index is 0.0437. The third-order valence-electron chi connectivity index (χ3n) is 2.07. The first-order chi connectivity index (χ1) is 9.27. The lowest BCUT2D eigenvalue weighted by Crippen LogP contribution is -2.38. The highest BCUT2D eigenvalue weighted by molar-refractivity contribution is 8.76. The van der Waals surface area contributed by atoms with Crippen LogP contribution >= 0.6 is 21.6 Å². The summed E-state index contributed by atoms with van der Waals surface area (Å²) in [5, 5.41) is 5.50. The Morgan fingerprint density at radius 1 is 1.35 bits per heavy atom. The number of carbonyl (C=O) groups is 1. The van der Waals surface area contributed by atoms with Crippen molar-refractivity contribution in [2.45, 2.75) is 31.7 Å². The molecule has 0 saturated heterocycles. The van der Waals surface area contributed by atoms with Crippen molar-refractivity contribution in [1.29, 1.82) is 0 Å². The Hall–Kier alpha value is -0.160. The van der Waals surface area contributed by atoms with Crippen molar-refractivity contribution in [2.24, 2.45) is 0 Å². The average Bonchev–Trinajstić information content (AvgIpc) is 2.32. The monoisotopic (exact) mass is 346 g/mol. The quantitative estimate of drug-likeness (QED) is 0.309. The van der Waals surface area contributed by atoms with E-state index in [4.69, 9.17) is 9.29 Å². The van der Waals surface area contributed by atoms with E-state index >= 15 is 0 Å². The summed E-state index contributed by atoms with van der Waals surface area (Å²) in [5.41, 5.74) is -1.53. The van der Waals surface area contributed by atoms with Gasteiger partial charge in [-0.3, -0.25) is 4.55 Å². The molecule has 0 aromatic carbocycles. The van der Waals surface area contributed by atoms with E-state index < -0.39 is 21.6 Å². The van der Waals surface area contributed by atoms with Gasteiger partial charge in [-0.05, 0) is 6.26 Å². The van der Waals surface area contributed by atoms with Gasteiger partial charge in [-0.2, -0.15) is 8.42 Å². The molecule has 0 saturated carbocycles. The molecule has 120 valence electrons. The van der Waals surface area contributed by atoms with Crippen molar-refractivity contribution in [2.75, 3.05) is 25.1 Å². The highest BCUT2D eigenvalue weighted by atomic mass is 33.1. The first-order valence-electron chi connectivity index (χ1n) is 6.07. The van der Waals surface area contributed by atoms with Gasteiger partial charge < -0.3 is 15.4 Å². The van der Waals surface area contributed by atoms with Gasteiger partial charge in [-0.25, -0.2) is 4.79 Å². The highest BCUT2D eigenvalue weighted by Gasteiger charge is 2.26. The largest absolute Gasteiger partial charge is 0.427 e. The van der Waals surface area contributed by atoms with Gasteiger partial charge in [0.1, 0.15) is 0 Å². The second kappa shape index (κ2) is 10.6. The van der Waals surface area contributed by atoms with Gasteiger partial charge in [0.15, 0.2) is 0 Å². The Morgan fingerprint density at radius 3 is 2.50 bits per heavy atom. The van der Waals surface area contributed by atoms with Gasteiger partial charge in [-0.15, -0.1) is 0 Å². The van der Waals surface area contributed by atoms with Gasteiger partial charge in [0.25, 0.3) is 0 Å². The molecule has 1 unspecified atom stereocenters. The molecule has 0 aliphatic rings. The molecule has 0 heterocycles. The molecule has 1 atom stereocenters. The molecule has 0 rings (SSSR count). The van der Waals surface area contributed by atoms with Crippen LogP contribution in [0.3, 0.4) is 0 Å². The van der Waals surface area contributed by atoms with E-state index in [0.717, 1.165) is 0 Å². The van der Waals surface area contributed by atoms with E-state index in [-0.39, 0.29) is 6.42 Å². The van der Waals surface area contributed by atoms with Crippen LogP contribution in [0.1, 0.15) is 20.3 Å². The van der Waals surface area contributed by atoms with Gasteiger partial charge >= 0.3 is 16.2 Å². The molecule has 0 spiro atoms. The van der Waals surface area contributed by atoms with Gasteiger partial charge in [0, 0.05) is 31.3 Å². The van der Waals surface area contributed by atoms with Crippen LogP contribution in [0, 0.1) is 0 Å². The lowest BCUT2D eigenvalue weighted by atomic mass is 10.4. The molecule has 0 aliphatic heterocycles. The normalized spacial score (nSPS) is 13.2. The molecule has 0 aromatic heterocycles. The van der Waals surface area contributed by atoms with Crippen molar-refractivity contribution < 1.29 is 22.5 Å². The number of hydrogen-bond acceptors (Lipinski definition) is 7. The topological polar surface area (TPSA) is 105 Å². The second-order valence-electron chi connectivity index (χ2n) is 4.16. The van der Waals surface area contributed by atoms with Crippen LogP contribution in [0.25, 0.3) is 0 Å². The van der Waals surface area contributed by atoms with E-state index in [1.54, 1.807) is 0 Å². The van der Waals surface area contributed by atoms with E-state index in [9.17, 15) is 13.2 Å². The van der Waals surface area contributed by atoms with Gasteiger partial charge in [0.05, 0.1) is 0 Å². The highest BCUT2D eigenvalue weighted by Crippen LogP contribution is 2.20. The zero-order chi connectivity index (χ0) is 15.6. The predicted octanol–water partition coefficient (Wildman–Crippen LogP) is 1.33. The number of carbonyl (C=O) groups excluding carboxylic acids is 1. The summed E-state index contributed by atoms with van der Waals surface area (Å²) in [6, 6.07) is 0.293. The maximum Gasteiger partial charge on any atom is 0.408 e. The summed E-state index contributed by atoms with van der Waals surface area (Å²) in [6.45, 7) is 4.80. The average molecular weight is 346 g/mol. The van der Waals surface area contributed by atoms with Crippen LogP contribution in [0.5, 0.6) is 0 Å². The van der Waals surface area contributed by atoms with Gasteiger partial charge in [-0.1, -0.05) is 35.4 Å². The number of nitrogens with one attached hydrogen (secondary N) is 2. The Bertz CT molecular complexity index is 375. The Labute approximate surface area is 128 Å². The number of amides is 1. The molecule has 10 heteroatoms. The Kier molecular flexibility index (Phi) is 10.5. The fourth-order valence-corrected chi connectivity index (χ4v) is 3.22. The lowest BCUT2D eigenvalue weighted by molar-refractivity contribution is 0.125. The minimum Gasteiger partial charge on any atom is -0.427 e. The summed E-state index contributed by atoms with van der Waals surface area (Å²) in [5.74, 6) is 0.452. The van der Waals surface area contributed by atoms with Crippen LogP contribution in [0.15, 0.2) is 0 Å². The summed E-state index contributed by atoms with van der Waals surface area (Å²) in [7, 11) is -1.51. The van der Waals surface area contributed by atoms with Crippen molar-refractivity contribution in [3.05, 3.63) is 0 Å². The zero-order valence-electron chi connectivity index (χ0n) is 11.8. The summed E-state index contributed by atoms with van der Waals surface area (Å²) in [6.07, 6.45) is 1.04. The summed E-state index contributed by atoms with van der Waals surface area (Å²) in [4.78, 5) is 11.4. The third-order valence-corrected chi connectivity index (χ3v) is 4.91. The van der Waals surface area contributed by atoms with Crippen LogP contribution in [-0.4, -0.2) is 55.6 Å². The third kappa shape index (κ3) is 10.6. The fraction of sp³-hybridized carbons (Fsp3) is 0.900. The van der Waals surface area contributed by atoms with E-state index in [1.165, 1.54) is 21.6 Å². The van der Waals surface area contributed by atoms with Crippen LogP contribution in [0.4, 0.5) is 4.79 Å². The minimum atomic E-state index is -4.41. The zero-order valence-corrected chi connectivity index (χ0v) is 14.2. The Morgan fingerprint density at radius 2 is 2.00 bits per heavy atom. The molecular weight excluding hydrogens is 324 g/mol. The summed E-state index contributed by atoms with van der Waals surface area (Å²) >= 11 is 0. The van der Waals surface area contributed by atoms with E-state index in [2.05, 4.69) is 10.6 Å².